The third-order valence-electron chi connectivity index (χ3n) is 5.29. The molecule has 0 atom stereocenters. The first kappa shape index (κ1) is 16.1. The Morgan fingerprint density at radius 3 is 2.92 bits per heavy atom. The van der Waals surface area contributed by atoms with Crippen molar-refractivity contribution in [2.45, 2.75) is 26.2 Å². The molecule has 6 nitrogen and oxygen atoms in total. The van der Waals surface area contributed by atoms with Crippen LogP contribution in [0.4, 0.5) is 5.69 Å². The van der Waals surface area contributed by atoms with E-state index in [1.165, 1.54) is 5.56 Å². The Bertz CT molecular complexity index is 788. The molecule has 2 aromatic rings. The average Bonchev–Trinajstić information content (AvgIpc) is 3.06. The van der Waals surface area contributed by atoms with E-state index >= 15 is 0 Å². The molecule has 1 amide bonds. The van der Waals surface area contributed by atoms with Crippen LogP contribution in [0.25, 0.3) is 5.52 Å². The fourth-order valence-corrected chi connectivity index (χ4v) is 3.81. The van der Waals surface area contributed by atoms with Gasteiger partial charge in [-0.3, -0.25) is 10.1 Å². The highest BCUT2D eigenvalue weighted by Gasteiger charge is 2.21. The Kier molecular flexibility index (Phi) is 4.44. The summed E-state index contributed by atoms with van der Waals surface area (Å²) in [5.41, 5.74) is 3.63. The lowest BCUT2D eigenvalue weighted by molar-refractivity contribution is -0.130. The van der Waals surface area contributed by atoms with Crippen LogP contribution in [0.5, 0.6) is 0 Å². The number of piperidine rings is 1. The molecule has 0 spiro atoms. The van der Waals surface area contributed by atoms with Gasteiger partial charge in [0.1, 0.15) is 0 Å². The molecule has 2 aromatic heterocycles. The minimum Gasteiger partial charge on any atom is -0.343 e. The van der Waals surface area contributed by atoms with Gasteiger partial charge >= 0.3 is 0 Å². The van der Waals surface area contributed by atoms with Gasteiger partial charge in [0.05, 0.1) is 24.1 Å². The third kappa shape index (κ3) is 3.39. The molecular weight excluding hydrogens is 314 g/mol. The molecule has 0 aromatic carbocycles. The highest BCUT2D eigenvalue weighted by atomic mass is 16.2. The molecule has 1 saturated heterocycles. The Morgan fingerprint density at radius 2 is 2.20 bits per heavy atom. The number of anilines is 1. The highest BCUT2D eigenvalue weighted by Crippen LogP contribution is 2.26. The van der Waals surface area contributed by atoms with Crippen molar-refractivity contribution in [1.29, 1.82) is 0 Å². The van der Waals surface area contributed by atoms with Gasteiger partial charge in [-0.25, -0.2) is 4.52 Å². The number of rotatable bonds is 3. The summed E-state index contributed by atoms with van der Waals surface area (Å²) in [6.45, 7) is 5.18. The zero-order valence-electron chi connectivity index (χ0n) is 14.7. The molecule has 6 heteroatoms. The summed E-state index contributed by atoms with van der Waals surface area (Å²) in [5, 5.41) is 7.83. The van der Waals surface area contributed by atoms with E-state index in [1.807, 2.05) is 15.6 Å². The van der Waals surface area contributed by atoms with Crippen molar-refractivity contribution < 1.29 is 4.79 Å². The number of fused-ring (bicyclic) bond motifs is 1. The van der Waals surface area contributed by atoms with Crippen LogP contribution in [0, 0.1) is 5.92 Å². The second-order valence-corrected chi connectivity index (χ2v) is 7.01. The summed E-state index contributed by atoms with van der Waals surface area (Å²) in [6, 6.07) is 4.44. The fraction of sp³-hybridized carbons (Fsp3) is 0.474. The number of carbonyl (C=O) groups is 1. The highest BCUT2D eigenvalue weighted by molar-refractivity contribution is 5.74. The Morgan fingerprint density at radius 1 is 1.36 bits per heavy atom. The van der Waals surface area contributed by atoms with Crippen LogP contribution in [0.15, 0.2) is 36.8 Å². The van der Waals surface area contributed by atoms with Crippen molar-refractivity contribution in [2.75, 3.05) is 31.2 Å². The molecule has 25 heavy (non-hydrogen) atoms. The minimum absolute atomic E-state index is 0.201. The van der Waals surface area contributed by atoms with Gasteiger partial charge in [-0.15, -0.1) is 0 Å². The first-order valence-electron chi connectivity index (χ1n) is 9.06. The Balaban J connectivity index is 1.50. The molecule has 2 aliphatic heterocycles. The monoisotopic (exact) mass is 339 g/mol. The molecule has 1 fully saturated rings. The molecule has 2 aliphatic rings. The number of carbonyl (C=O) groups excluding carboxylic acids is 1. The second-order valence-electron chi connectivity index (χ2n) is 7.01. The van der Waals surface area contributed by atoms with Crippen LogP contribution >= 0.6 is 0 Å². The van der Waals surface area contributed by atoms with E-state index in [0.29, 0.717) is 5.92 Å². The molecule has 132 valence electrons. The summed E-state index contributed by atoms with van der Waals surface area (Å²) < 4.78 is 1.94. The molecule has 0 saturated carbocycles. The van der Waals surface area contributed by atoms with Gasteiger partial charge in [-0.1, -0.05) is 6.08 Å². The zero-order valence-corrected chi connectivity index (χ0v) is 14.7. The number of hydrogen-bond acceptors (Lipinski definition) is 4. The summed E-state index contributed by atoms with van der Waals surface area (Å²) in [7, 11) is 0. The quantitative estimate of drug-likeness (QED) is 0.929. The SMILES string of the molecule is CC(=O)N1CCC(Cc2ccn3ncc(N4C=CCNC4)c3c2)CC1. The van der Waals surface area contributed by atoms with Crippen LogP contribution in [0.1, 0.15) is 25.3 Å². The maximum absolute atomic E-state index is 11.5. The topological polar surface area (TPSA) is 52.9 Å². The molecule has 1 N–H and O–H groups in total. The van der Waals surface area contributed by atoms with Gasteiger partial charge in [-0.05, 0) is 42.9 Å². The lowest BCUT2D eigenvalue weighted by Gasteiger charge is -2.31. The van der Waals surface area contributed by atoms with E-state index in [0.717, 1.165) is 56.8 Å². The molecule has 4 heterocycles. The smallest absolute Gasteiger partial charge is 0.219 e. The van der Waals surface area contributed by atoms with E-state index in [9.17, 15) is 4.79 Å². The van der Waals surface area contributed by atoms with E-state index < -0.39 is 0 Å². The summed E-state index contributed by atoms with van der Waals surface area (Å²) >= 11 is 0. The van der Waals surface area contributed by atoms with Gasteiger partial charge in [0.2, 0.25) is 5.91 Å². The van der Waals surface area contributed by atoms with E-state index in [4.69, 9.17) is 0 Å². The first-order valence-corrected chi connectivity index (χ1v) is 9.06. The van der Waals surface area contributed by atoms with E-state index in [1.54, 1.807) is 6.92 Å². The normalized spacial score (nSPS) is 18.9. The first-order chi connectivity index (χ1) is 12.2. The van der Waals surface area contributed by atoms with Crippen LogP contribution in [-0.2, 0) is 11.2 Å². The lowest BCUT2D eigenvalue weighted by Crippen LogP contribution is -2.37. The molecule has 4 rings (SSSR count). The van der Waals surface area contributed by atoms with Crippen molar-refractivity contribution in [1.82, 2.24) is 19.8 Å². The average molecular weight is 339 g/mol. The number of pyridine rings is 1. The van der Waals surface area contributed by atoms with Gasteiger partial charge in [0.15, 0.2) is 0 Å². The molecule has 0 aliphatic carbocycles. The minimum atomic E-state index is 0.201. The lowest BCUT2D eigenvalue weighted by atomic mass is 9.90. The maximum Gasteiger partial charge on any atom is 0.219 e. The number of likely N-dealkylation sites (tertiary alicyclic amines) is 1. The number of nitrogens with zero attached hydrogens (tertiary/aromatic N) is 4. The van der Waals surface area contributed by atoms with Crippen LogP contribution in [0.2, 0.25) is 0 Å². The standard InChI is InChI=1S/C19H25N5O/c1-15(25)22-8-3-16(4-9-22)11-17-5-10-24-18(12-17)19(13-21-24)23-7-2-6-20-14-23/h2,5,7,10,12-13,16,20H,3-4,6,8-9,11,14H2,1H3. The van der Waals surface area contributed by atoms with Gasteiger partial charge in [0, 0.05) is 39.0 Å². The van der Waals surface area contributed by atoms with Gasteiger partial charge in [-0.2, -0.15) is 5.10 Å². The molecule has 0 radical (unpaired) electrons. The largest absolute Gasteiger partial charge is 0.343 e. The Labute approximate surface area is 148 Å². The fourth-order valence-electron chi connectivity index (χ4n) is 3.81. The number of hydrogen-bond donors (Lipinski definition) is 1. The van der Waals surface area contributed by atoms with Gasteiger partial charge < -0.3 is 9.80 Å². The van der Waals surface area contributed by atoms with Crippen LogP contribution in [0.3, 0.4) is 0 Å². The molecule has 0 bridgehead atoms. The predicted molar refractivity (Wildman–Crippen MR) is 98.4 cm³/mol. The molecule has 0 unspecified atom stereocenters. The zero-order chi connectivity index (χ0) is 17.2. The number of aromatic nitrogens is 2. The summed E-state index contributed by atoms with van der Waals surface area (Å²) in [6.07, 6.45) is 11.5. The number of nitrogens with one attached hydrogen (secondary N) is 1. The van der Waals surface area contributed by atoms with Crippen molar-refractivity contribution in [3.05, 3.63) is 42.4 Å². The van der Waals surface area contributed by atoms with E-state index in [2.05, 4.69) is 45.9 Å². The summed E-state index contributed by atoms with van der Waals surface area (Å²) in [4.78, 5) is 15.6. The van der Waals surface area contributed by atoms with Crippen molar-refractivity contribution in [3.8, 4) is 0 Å². The predicted octanol–water partition coefficient (Wildman–Crippen LogP) is 2.02. The maximum atomic E-state index is 11.5. The third-order valence-corrected chi connectivity index (χ3v) is 5.29. The van der Waals surface area contributed by atoms with Crippen LogP contribution in [-0.4, -0.2) is 46.7 Å². The Hall–Kier alpha value is -2.34. The molecular formula is C19H25N5O. The second kappa shape index (κ2) is 6.88. The van der Waals surface area contributed by atoms with Crippen molar-refractivity contribution >= 4 is 17.1 Å². The van der Waals surface area contributed by atoms with Gasteiger partial charge in [0.25, 0.3) is 0 Å². The van der Waals surface area contributed by atoms with Crippen LogP contribution < -0.4 is 10.2 Å². The number of amides is 1. The van der Waals surface area contributed by atoms with Crippen molar-refractivity contribution in [2.24, 2.45) is 5.92 Å². The van der Waals surface area contributed by atoms with Crippen molar-refractivity contribution in [3.63, 3.8) is 0 Å². The summed E-state index contributed by atoms with van der Waals surface area (Å²) in [5.74, 6) is 0.855. The van der Waals surface area contributed by atoms with E-state index in [-0.39, 0.29) is 5.91 Å².